The first kappa shape index (κ1) is 20.9. The van der Waals surface area contributed by atoms with E-state index in [2.05, 4.69) is 15.4 Å². The van der Waals surface area contributed by atoms with E-state index in [1.54, 1.807) is 6.92 Å². The Balaban J connectivity index is 1.65. The van der Waals surface area contributed by atoms with Gasteiger partial charge in [-0.2, -0.15) is 18.3 Å². The first-order valence-corrected chi connectivity index (χ1v) is 9.70. The van der Waals surface area contributed by atoms with Gasteiger partial charge in [-0.3, -0.25) is 4.79 Å². The van der Waals surface area contributed by atoms with E-state index in [9.17, 15) is 18.0 Å². The van der Waals surface area contributed by atoms with E-state index in [-0.39, 0.29) is 22.1 Å². The number of carbonyl (C=O) groups excluding carboxylic acids is 1. The van der Waals surface area contributed by atoms with Gasteiger partial charge in [0, 0.05) is 23.8 Å². The number of hydrogen-bond donors (Lipinski definition) is 1. The molecule has 160 valence electrons. The first-order chi connectivity index (χ1) is 14.6. The quantitative estimate of drug-likeness (QED) is 0.479. The number of rotatable bonds is 4. The van der Waals surface area contributed by atoms with E-state index in [0.717, 1.165) is 17.3 Å². The fourth-order valence-corrected chi connectivity index (χ4v) is 3.52. The molecule has 1 amide bonds. The summed E-state index contributed by atoms with van der Waals surface area (Å²) in [5.41, 5.74) is 0.237. The average molecular weight is 448 g/mol. The molecule has 1 unspecified atom stereocenters. The van der Waals surface area contributed by atoms with Crippen LogP contribution in [0, 0.1) is 6.92 Å². The van der Waals surface area contributed by atoms with E-state index in [1.165, 1.54) is 6.92 Å². The van der Waals surface area contributed by atoms with Gasteiger partial charge in [0.1, 0.15) is 10.7 Å². The van der Waals surface area contributed by atoms with Crippen LogP contribution >= 0.6 is 11.6 Å². The lowest BCUT2D eigenvalue weighted by atomic mass is 10.1. The molecular weight excluding hydrogens is 431 g/mol. The maximum Gasteiger partial charge on any atom is 0.433 e. The molecule has 4 rings (SSSR count). The van der Waals surface area contributed by atoms with Crippen molar-refractivity contribution in [3.05, 3.63) is 82.5 Å². The largest absolute Gasteiger partial charge is 0.433 e. The highest BCUT2D eigenvalue weighted by molar-refractivity contribution is 6.36. The molecule has 1 aromatic carbocycles. The van der Waals surface area contributed by atoms with Crippen LogP contribution in [-0.2, 0) is 6.18 Å². The van der Waals surface area contributed by atoms with E-state index >= 15 is 0 Å². The van der Waals surface area contributed by atoms with Gasteiger partial charge in [-0.15, -0.1) is 0 Å². The average Bonchev–Trinajstić information content (AvgIpc) is 3.36. The third-order valence-electron chi connectivity index (χ3n) is 4.79. The molecule has 3 aromatic heterocycles. The third kappa shape index (κ3) is 4.00. The molecule has 0 saturated carbocycles. The van der Waals surface area contributed by atoms with E-state index in [0.29, 0.717) is 4.52 Å². The lowest BCUT2D eigenvalue weighted by Gasteiger charge is -2.15. The highest BCUT2D eigenvalue weighted by atomic mass is 35.5. The van der Waals surface area contributed by atoms with Gasteiger partial charge in [0.25, 0.3) is 5.91 Å². The van der Waals surface area contributed by atoms with Gasteiger partial charge in [0.2, 0.25) is 0 Å². The van der Waals surface area contributed by atoms with Crippen molar-refractivity contribution in [3.63, 3.8) is 0 Å². The van der Waals surface area contributed by atoms with Gasteiger partial charge >= 0.3 is 6.18 Å². The van der Waals surface area contributed by atoms with Gasteiger partial charge in [-0.25, -0.2) is 9.50 Å². The third-order valence-corrected chi connectivity index (χ3v) is 5.13. The smallest absolute Gasteiger partial charge is 0.344 e. The second kappa shape index (κ2) is 7.73. The summed E-state index contributed by atoms with van der Waals surface area (Å²) in [5.74, 6) is -0.694. The summed E-state index contributed by atoms with van der Waals surface area (Å²) in [6.07, 6.45) is -0.890. The monoisotopic (exact) mass is 447 g/mol. The summed E-state index contributed by atoms with van der Waals surface area (Å²) in [6.45, 7) is 3.18. The predicted octanol–water partition coefficient (Wildman–Crippen LogP) is 4.99. The predicted molar refractivity (Wildman–Crippen MR) is 109 cm³/mol. The summed E-state index contributed by atoms with van der Waals surface area (Å²) in [4.78, 5) is 16.8. The topological polar surface area (TPSA) is 64.2 Å². The normalized spacial score (nSPS) is 12.8. The van der Waals surface area contributed by atoms with Crippen LogP contribution in [0.1, 0.15) is 40.4 Å². The molecule has 0 aliphatic heterocycles. The number of benzene rings is 1. The molecule has 0 fully saturated rings. The molecule has 1 N–H and O–H groups in total. The van der Waals surface area contributed by atoms with Crippen molar-refractivity contribution >= 4 is 23.2 Å². The Labute approximate surface area is 180 Å². The SMILES string of the molecule is Cc1cc(C(F)(F)F)n2nc(C(=O)NC(C)c3cccc(-n4cccc4)c3)c(Cl)c2n1. The van der Waals surface area contributed by atoms with Crippen molar-refractivity contribution in [2.45, 2.75) is 26.1 Å². The van der Waals surface area contributed by atoms with Crippen LogP contribution in [0.2, 0.25) is 5.02 Å². The van der Waals surface area contributed by atoms with Gasteiger partial charge in [-0.05, 0) is 49.7 Å². The van der Waals surface area contributed by atoms with Crippen LogP contribution in [0.4, 0.5) is 13.2 Å². The Morgan fingerprint density at radius 2 is 1.87 bits per heavy atom. The number of aryl methyl sites for hydroxylation is 1. The lowest BCUT2D eigenvalue weighted by molar-refractivity contribution is -0.142. The Morgan fingerprint density at radius 1 is 1.16 bits per heavy atom. The highest BCUT2D eigenvalue weighted by Crippen LogP contribution is 2.32. The summed E-state index contributed by atoms with van der Waals surface area (Å²) in [6, 6.07) is 11.7. The zero-order valence-corrected chi connectivity index (χ0v) is 17.2. The fraction of sp³-hybridized carbons (Fsp3) is 0.190. The van der Waals surface area contributed by atoms with Crippen molar-refractivity contribution in [2.24, 2.45) is 0 Å². The van der Waals surface area contributed by atoms with E-state index < -0.39 is 23.8 Å². The molecule has 0 radical (unpaired) electrons. The maximum absolute atomic E-state index is 13.4. The van der Waals surface area contributed by atoms with Crippen LogP contribution < -0.4 is 5.32 Å². The number of halogens is 4. The molecule has 0 aliphatic rings. The van der Waals surface area contributed by atoms with E-state index in [4.69, 9.17) is 11.6 Å². The molecule has 0 aliphatic carbocycles. The van der Waals surface area contributed by atoms with Gasteiger partial charge < -0.3 is 9.88 Å². The molecule has 0 spiro atoms. The molecule has 31 heavy (non-hydrogen) atoms. The van der Waals surface area contributed by atoms with E-state index in [1.807, 2.05) is 53.4 Å². The molecule has 0 saturated heterocycles. The Morgan fingerprint density at radius 3 is 2.55 bits per heavy atom. The number of aromatic nitrogens is 4. The van der Waals surface area contributed by atoms with Crippen LogP contribution in [0.3, 0.4) is 0 Å². The number of amides is 1. The van der Waals surface area contributed by atoms with Gasteiger partial charge in [-0.1, -0.05) is 23.7 Å². The molecule has 4 aromatic rings. The first-order valence-electron chi connectivity index (χ1n) is 9.32. The van der Waals surface area contributed by atoms with Crippen molar-refractivity contribution in [1.82, 2.24) is 24.5 Å². The number of alkyl halides is 3. The van der Waals surface area contributed by atoms with Crippen molar-refractivity contribution in [2.75, 3.05) is 0 Å². The zero-order valence-electron chi connectivity index (χ0n) is 16.5. The second-order valence-corrected chi connectivity index (χ2v) is 7.44. The Kier molecular flexibility index (Phi) is 5.22. The maximum atomic E-state index is 13.4. The highest BCUT2D eigenvalue weighted by Gasteiger charge is 2.36. The minimum atomic E-state index is -4.68. The molecular formula is C21H17ClF3N5O. The van der Waals surface area contributed by atoms with Crippen LogP contribution in [0.5, 0.6) is 0 Å². The standard InChI is InChI=1S/C21H17ClF3N5O/c1-12-10-16(21(23,24)25)30-19(26-12)17(22)18(28-30)20(31)27-13(2)14-6-5-7-15(11-14)29-8-3-4-9-29/h3-11,13H,1-2H3,(H,27,31). The summed E-state index contributed by atoms with van der Waals surface area (Å²) >= 11 is 6.19. The summed E-state index contributed by atoms with van der Waals surface area (Å²) < 4.78 is 42.7. The Hall–Kier alpha value is -3.33. The molecule has 0 bridgehead atoms. The minimum absolute atomic E-state index is 0.115. The van der Waals surface area contributed by atoms with Gasteiger partial charge in [0.05, 0.1) is 6.04 Å². The zero-order chi connectivity index (χ0) is 22.3. The van der Waals surface area contributed by atoms with Crippen molar-refractivity contribution in [1.29, 1.82) is 0 Å². The second-order valence-electron chi connectivity index (χ2n) is 7.06. The number of fused-ring (bicyclic) bond motifs is 1. The van der Waals surface area contributed by atoms with Gasteiger partial charge in [0.15, 0.2) is 11.3 Å². The Bertz CT molecular complexity index is 1260. The number of carbonyl (C=O) groups is 1. The van der Waals surface area contributed by atoms with Crippen molar-refractivity contribution in [3.8, 4) is 5.69 Å². The number of nitrogens with zero attached hydrogens (tertiary/aromatic N) is 4. The molecule has 3 heterocycles. The summed E-state index contributed by atoms with van der Waals surface area (Å²) in [7, 11) is 0. The lowest BCUT2D eigenvalue weighted by Crippen LogP contribution is -2.27. The summed E-state index contributed by atoms with van der Waals surface area (Å²) in [5, 5.41) is 6.32. The molecule has 1 atom stereocenters. The number of nitrogens with one attached hydrogen (secondary N) is 1. The van der Waals surface area contributed by atoms with Crippen LogP contribution in [0.25, 0.3) is 11.3 Å². The minimum Gasteiger partial charge on any atom is -0.344 e. The molecule has 6 nitrogen and oxygen atoms in total. The fourth-order valence-electron chi connectivity index (χ4n) is 3.27. The number of hydrogen-bond acceptors (Lipinski definition) is 3. The van der Waals surface area contributed by atoms with Crippen molar-refractivity contribution < 1.29 is 18.0 Å². The van der Waals surface area contributed by atoms with Crippen LogP contribution in [0.15, 0.2) is 54.9 Å². The molecule has 10 heteroatoms. The van der Waals surface area contributed by atoms with Crippen LogP contribution in [-0.4, -0.2) is 25.1 Å².